The second-order valence-electron chi connectivity index (χ2n) is 8.20. The van der Waals surface area contributed by atoms with E-state index in [1.807, 2.05) is 17.9 Å². The van der Waals surface area contributed by atoms with Gasteiger partial charge in [0.2, 0.25) is 0 Å². The van der Waals surface area contributed by atoms with Gasteiger partial charge in [-0.3, -0.25) is 9.59 Å². The largest absolute Gasteiger partial charge is 0.376 e. The first-order valence-electron chi connectivity index (χ1n) is 10.4. The molecule has 2 amide bonds. The van der Waals surface area contributed by atoms with Crippen LogP contribution in [0.5, 0.6) is 0 Å². The number of hydrogen-bond donors (Lipinski definition) is 1. The van der Waals surface area contributed by atoms with Crippen LogP contribution in [0.4, 0.5) is 4.39 Å². The van der Waals surface area contributed by atoms with Crippen molar-refractivity contribution in [1.29, 1.82) is 0 Å². The Kier molecular flexibility index (Phi) is 5.60. The molecule has 0 spiro atoms. The molecule has 2 heterocycles. The molecule has 30 heavy (non-hydrogen) atoms. The van der Waals surface area contributed by atoms with Gasteiger partial charge in [-0.25, -0.2) is 4.39 Å². The second kappa shape index (κ2) is 8.19. The van der Waals surface area contributed by atoms with Gasteiger partial charge in [0.15, 0.2) is 0 Å². The third-order valence-electron chi connectivity index (χ3n) is 6.35. The van der Waals surface area contributed by atoms with Crippen LogP contribution in [-0.2, 0) is 17.7 Å². The van der Waals surface area contributed by atoms with Crippen LogP contribution in [-0.4, -0.2) is 43.0 Å². The molecule has 0 aliphatic carbocycles. The number of fused-ring (bicyclic) bond motifs is 1. The second-order valence-corrected chi connectivity index (χ2v) is 8.20. The van der Waals surface area contributed by atoms with Crippen LogP contribution in [0.3, 0.4) is 0 Å². The molecule has 0 saturated carbocycles. The number of benzene rings is 2. The summed E-state index contributed by atoms with van der Waals surface area (Å²) in [5, 5.41) is 2.44. The van der Waals surface area contributed by atoms with E-state index < -0.39 is 11.7 Å². The van der Waals surface area contributed by atoms with E-state index in [2.05, 4.69) is 12.2 Å². The first-order chi connectivity index (χ1) is 14.4. The number of nitrogens with zero attached hydrogens (tertiary/aromatic N) is 1. The molecule has 2 aliphatic heterocycles. The van der Waals surface area contributed by atoms with Crippen molar-refractivity contribution in [3.63, 3.8) is 0 Å². The monoisotopic (exact) mass is 410 g/mol. The molecular formula is C24H27FN2O3. The van der Waals surface area contributed by atoms with Crippen molar-refractivity contribution in [2.75, 3.05) is 20.2 Å². The molecule has 2 aromatic carbocycles. The van der Waals surface area contributed by atoms with Gasteiger partial charge in [0.25, 0.3) is 11.8 Å². The molecule has 0 radical (unpaired) electrons. The van der Waals surface area contributed by atoms with Gasteiger partial charge in [0.1, 0.15) is 5.82 Å². The van der Waals surface area contributed by atoms with Crippen molar-refractivity contribution in [1.82, 2.24) is 10.2 Å². The van der Waals surface area contributed by atoms with Gasteiger partial charge in [0.05, 0.1) is 11.7 Å². The van der Waals surface area contributed by atoms with Gasteiger partial charge in [-0.15, -0.1) is 0 Å². The van der Waals surface area contributed by atoms with Crippen molar-refractivity contribution in [2.24, 2.45) is 0 Å². The van der Waals surface area contributed by atoms with Crippen LogP contribution in [0.2, 0.25) is 0 Å². The summed E-state index contributed by atoms with van der Waals surface area (Å²) in [7, 11) is 1.48. The zero-order valence-corrected chi connectivity index (χ0v) is 17.7. The highest BCUT2D eigenvalue weighted by atomic mass is 19.1. The molecule has 0 aromatic heterocycles. The lowest BCUT2D eigenvalue weighted by Gasteiger charge is -2.19. The summed E-state index contributed by atoms with van der Waals surface area (Å²) < 4.78 is 20.1. The van der Waals surface area contributed by atoms with Crippen LogP contribution in [0.15, 0.2) is 24.3 Å². The van der Waals surface area contributed by atoms with E-state index in [0.717, 1.165) is 52.8 Å². The molecular weight excluding hydrogens is 383 g/mol. The molecule has 158 valence electrons. The highest BCUT2D eigenvalue weighted by Crippen LogP contribution is 2.32. The number of carbonyl (C=O) groups is 2. The molecule has 0 unspecified atom stereocenters. The fourth-order valence-corrected chi connectivity index (χ4v) is 4.44. The summed E-state index contributed by atoms with van der Waals surface area (Å²) in [4.78, 5) is 26.6. The minimum Gasteiger partial charge on any atom is -0.376 e. The Hall–Kier alpha value is -2.73. The molecule has 2 aromatic rings. The first-order valence-corrected chi connectivity index (χ1v) is 10.4. The summed E-state index contributed by atoms with van der Waals surface area (Å²) in [5.41, 5.74) is 5.87. The van der Waals surface area contributed by atoms with E-state index in [1.54, 1.807) is 6.07 Å². The predicted octanol–water partition coefficient (Wildman–Crippen LogP) is 3.53. The Morgan fingerprint density at radius 1 is 1.27 bits per heavy atom. The van der Waals surface area contributed by atoms with Gasteiger partial charge in [0, 0.05) is 32.3 Å². The van der Waals surface area contributed by atoms with Crippen LogP contribution in [0.1, 0.15) is 61.4 Å². The molecule has 2 aliphatic rings. The van der Waals surface area contributed by atoms with Gasteiger partial charge in [-0.2, -0.15) is 0 Å². The normalized spacial score (nSPS) is 18.1. The van der Waals surface area contributed by atoms with Crippen LogP contribution >= 0.6 is 0 Å². The maximum atomic E-state index is 14.4. The summed E-state index contributed by atoms with van der Waals surface area (Å²) in [6, 6.07) is 6.63. The van der Waals surface area contributed by atoms with Crippen LogP contribution < -0.4 is 5.32 Å². The van der Waals surface area contributed by atoms with Crippen molar-refractivity contribution < 1.29 is 18.7 Å². The highest BCUT2D eigenvalue weighted by molar-refractivity contribution is 5.99. The highest BCUT2D eigenvalue weighted by Gasteiger charge is 2.32. The van der Waals surface area contributed by atoms with Gasteiger partial charge < -0.3 is 15.0 Å². The molecule has 1 saturated heterocycles. The van der Waals surface area contributed by atoms with E-state index in [4.69, 9.17) is 4.74 Å². The number of amides is 2. The number of carbonyl (C=O) groups excluding carboxylic acids is 2. The fraction of sp³-hybridized carbons (Fsp3) is 0.417. The van der Waals surface area contributed by atoms with E-state index in [0.29, 0.717) is 19.5 Å². The number of hydrogen-bond acceptors (Lipinski definition) is 3. The molecule has 1 atom stereocenters. The average molecular weight is 410 g/mol. The lowest BCUT2D eigenvalue weighted by Crippen LogP contribution is -2.32. The lowest BCUT2D eigenvalue weighted by atomic mass is 9.91. The maximum absolute atomic E-state index is 14.4. The Morgan fingerprint density at radius 2 is 2.07 bits per heavy atom. The third kappa shape index (κ3) is 3.72. The zero-order valence-electron chi connectivity index (χ0n) is 17.7. The van der Waals surface area contributed by atoms with E-state index in [-0.39, 0.29) is 17.6 Å². The van der Waals surface area contributed by atoms with E-state index >= 15 is 0 Å². The lowest BCUT2D eigenvalue weighted by molar-refractivity contribution is 0.0545. The molecule has 1 fully saturated rings. The summed E-state index contributed by atoms with van der Waals surface area (Å²) >= 11 is 0. The predicted molar refractivity (Wildman–Crippen MR) is 112 cm³/mol. The summed E-state index contributed by atoms with van der Waals surface area (Å²) in [6.45, 7) is 6.13. The topological polar surface area (TPSA) is 58.6 Å². The Morgan fingerprint density at radius 3 is 2.73 bits per heavy atom. The summed E-state index contributed by atoms with van der Waals surface area (Å²) in [6.07, 6.45) is 2.69. The smallest absolute Gasteiger partial charge is 0.254 e. The van der Waals surface area contributed by atoms with Crippen molar-refractivity contribution in [3.05, 3.63) is 69.0 Å². The Bertz CT molecular complexity index is 1010. The third-order valence-corrected chi connectivity index (χ3v) is 6.35. The molecule has 1 N–H and O–H groups in total. The quantitative estimate of drug-likeness (QED) is 0.821. The zero-order chi connectivity index (χ0) is 21.4. The summed E-state index contributed by atoms with van der Waals surface area (Å²) in [5.74, 6) is -0.937. The number of ether oxygens (including phenoxy) is 1. The molecule has 4 rings (SSSR count). The van der Waals surface area contributed by atoms with Crippen LogP contribution in [0, 0.1) is 19.7 Å². The molecule has 5 nitrogen and oxygen atoms in total. The number of rotatable bonds is 5. The van der Waals surface area contributed by atoms with Gasteiger partial charge >= 0.3 is 0 Å². The van der Waals surface area contributed by atoms with Crippen molar-refractivity contribution >= 4 is 11.8 Å². The minimum absolute atomic E-state index is 0.0306. The van der Waals surface area contributed by atoms with Crippen molar-refractivity contribution in [2.45, 2.75) is 45.8 Å². The Balaban J connectivity index is 1.59. The SMILES string of the molecule is CNC(=O)c1ccc(Cc2cc3c(c(C)c2C)CN(C[C@@H]2CCCO2)C3=O)cc1F. The Labute approximate surface area is 176 Å². The van der Waals surface area contributed by atoms with Crippen molar-refractivity contribution in [3.8, 4) is 0 Å². The number of halogens is 1. The fourth-order valence-electron chi connectivity index (χ4n) is 4.44. The maximum Gasteiger partial charge on any atom is 0.254 e. The van der Waals surface area contributed by atoms with Gasteiger partial charge in [-0.1, -0.05) is 6.07 Å². The van der Waals surface area contributed by atoms with E-state index in [9.17, 15) is 14.0 Å². The van der Waals surface area contributed by atoms with Gasteiger partial charge in [-0.05, 0) is 79.1 Å². The first kappa shape index (κ1) is 20.5. The number of nitrogens with one attached hydrogen (secondary N) is 1. The molecule has 0 bridgehead atoms. The minimum atomic E-state index is -0.541. The van der Waals surface area contributed by atoms with E-state index in [1.165, 1.54) is 19.2 Å². The average Bonchev–Trinajstić information content (AvgIpc) is 3.35. The standard InChI is InChI=1S/C24H27FN2O3/c1-14-15(2)21-13-27(12-18-5-4-8-30-18)24(29)20(21)11-17(14)9-16-6-7-19(22(25)10-16)23(28)26-3/h6-7,10-11,18H,4-5,8-9,12-13H2,1-3H3,(H,26,28)/t18-/m0/s1. The molecule has 6 heteroatoms. The van der Waals surface area contributed by atoms with Crippen LogP contribution in [0.25, 0.3) is 0 Å².